The highest BCUT2D eigenvalue weighted by atomic mass is 16.6. The van der Waals surface area contributed by atoms with Crippen LogP contribution < -0.4 is 15.5 Å². The molecule has 2 amide bonds. The van der Waals surface area contributed by atoms with E-state index < -0.39 is 0 Å². The molecule has 0 bridgehead atoms. The fraction of sp³-hybridized carbons (Fsp3) is 0.217. The van der Waals surface area contributed by atoms with Gasteiger partial charge >= 0.3 is 0 Å². The van der Waals surface area contributed by atoms with E-state index >= 15 is 0 Å². The average molecular weight is 434 g/mol. The number of hydrogen-bond donors (Lipinski definition) is 2. The van der Waals surface area contributed by atoms with E-state index in [4.69, 9.17) is 4.42 Å². The number of nitrogens with one attached hydrogen (secondary N) is 2. The summed E-state index contributed by atoms with van der Waals surface area (Å²) in [5.74, 6) is -0.390. The minimum absolute atomic E-state index is 0.0784. The molecule has 0 spiro atoms. The van der Waals surface area contributed by atoms with Gasteiger partial charge in [-0.25, -0.2) is 0 Å². The average Bonchev–Trinajstić information content (AvgIpc) is 3.36. The van der Waals surface area contributed by atoms with Gasteiger partial charge in [-0.15, -0.1) is 0 Å². The number of nitrogens with zero attached hydrogens (tertiary/aromatic N) is 2. The molecule has 0 radical (unpaired) electrons. The minimum Gasteiger partial charge on any atom is -0.459 e. The highest BCUT2D eigenvalue weighted by molar-refractivity contribution is 6.02. The lowest BCUT2D eigenvalue weighted by Gasteiger charge is -2.32. The normalized spacial score (nSPS) is 14.1. The van der Waals surface area contributed by atoms with Crippen LogP contribution in [-0.4, -0.2) is 29.8 Å². The zero-order chi connectivity index (χ0) is 22.5. The van der Waals surface area contributed by atoms with Gasteiger partial charge in [0, 0.05) is 36.4 Å². The van der Waals surface area contributed by atoms with E-state index in [1.807, 2.05) is 4.90 Å². The molecule has 32 heavy (non-hydrogen) atoms. The molecule has 164 valence electrons. The Morgan fingerprint density at radius 2 is 1.59 bits per heavy atom. The molecule has 9 heteroatoms. The number of carbonyl (C=O) groups is 2. The van der Waals surface area contributed by atoms with Crippen molar-refractivity contribution in [3.05, 3.63) is 82.8 Å². The highest BCUT2D eigenvalue weighted by Gasteiger charge is 2.28. The monoisotopic (exact) mass is 434 g/mol. The molecular weight excluding hydrogens is 412 g/mol. The van der Waals surface area contributed by atoms with Crippen molar-refractivity contribution in [3.63, 3.8) is 0 Å². The molecule has 1 fully saturated rings. The number of rotatable bonds is 6. The molecule has 1 aliphatic heterocycles. The van der Waals surface area contributed by atoms with Gasteiger partial charge in [-0.1, -0.05) is 12.1 Å². The molecule has 1 aromatic heterocycles. The number of amides is 2. The SMILES string of the molecule is O=C(Nc1ccc(NC(=O)C2CCN(c3ccccc3[N+](=O)[O-])CC2)cc1)c1ccco1. The minimum atomic E-state index is -0.380. The second-order valence-corrected chi connectivity index (χ2v) is 7.51. The topological polar surface area (TPSA) is 118 Å². The Hall–Kier alpha value is -4.14. The van der Waals surface area contributed by atoms with Crippen LogP contribution in [0.2, 0.25) is 0 Å². The van der Waals surface area contributed by atoms with E-state index in [9.17, 15) is 19.7 Å². The van der Waals surface area contributed by atoms with Crippen LogP contribution in [0.1, 0.15) is 23.4 Å². The Kier molecular flexibility index (Phi) is 6.16. The van der Waals surface area contributed by atoms with Crippen LogP contribution in [0.25, 0.3) is 0 Å². The number of benzene rings is 2. The largest absolute Gasteiger partial charge is 0.459 e. The lowest BCUT2D eigenvalue weighted by Crippen LogP contribution is -2.38. The third-order valence-electron chi connectivity index (χ3n) is 5.44. The maximum absolute atomic E-state index is 12.7. The van der Waals surface area contributed by atoms with Crippen LogP contribution >= 0.6 is 0 Å². The third kappa shape index (κ3) is 4.77. The van der Waals surface area contributed by atoms with Gasteiger partial charge in [-0.05, 0) is 55.3 Å². The van der Waals surface area contributed by atoms with Gasteiger partial charge in [0.25, 0.3) is 11.6 Å². The van der Waals surface area contributed by atoms with Gasteiger partial charge in [0.2, 0.25) is 5.91 Å². The molecule has 0 aliphatic carbocycles. The number of furan rings is 1. The molecule has 3 aromatic rings. The smallest absolute Gasteiger partial charge is 0.292 e. The van der Waals surface area contributed by atoms with E-state index in [2.05, 4.69) is 10.6 Å². The number of para-hydroxylation sites is 2. The molecule has 0 unspecified atom stereocenters. The summed E-state index contributed by atoms with van der Waals surface area (Å²) in [6.45, 7) is 1.14. The second kappa shape index (κ2) is 9.34. The van der Waals surface area contributed by atoms with Crippen LogP contribution in [0.4, 0.5) is 22.7 Å². The fourth-order valence-corrected chi connectivity index (χ4v) is 3.75. The molecule has 1 aliphatic rings. The molecule has 2 aromatic carbocycles. The van der Waals surface area contributed by atoms with E-state index in [1.165, 1.54) is 12.3 Å². The van der Waals surface area contributed by atoms with Gasteiger partial charge in [0.1, 0.15) is 5.69 Å². The van der Waals surface area contributed by atoms with Crippen molar-refractivity contribution in [3.8, 4) is 0 Å². The van der Waals surface area contributed by atoms with Crippen molar-refractivity contribution in [2.24, 2.45) is 5.92 Å². The summed E-state index contributed by atoms with van der Waals surface area (Å²) in [5.41, 5.74) is 1.88. The molecule has 2 heterocycles. The Balaban J connectivity index is 1.30. The first-order valence-electron chi connectivity index (χ1n) is 10.3. The summed E-state index contributed by atoms with van der Waals surface area (Å²) in [6.07, 6.45) is 2.64. The summed E-state index contributed by atoms with van der Waals surface area (Å²) in [4.78, 5) is 37.5. The number of carbonyl (C=O) groups excluding carboxylic acids is 2. The van der Waals surface area contributed by atoms with Crippen LogP contribution in [-0.2, 0) is 4.79 Å². The Morgan fingerprint density at radius 1 is 0.938 bits per heavy atom. The molecule has 9 nitrogen and oxygen atoms in total. The molecule has 0 saturated carbocycles. The van der Waals surface area contributed by atoms with Crippen LogP contribution in [0.3, 0.4) is 0 Å². The summed E-state index contributed by atoms with van der Waals surface area (Å²) in [7, 11) is 0. The highest BCUT2D eigenvalue weighted by Crippen LogP contribution is 2.31. The number of nitro benzene ring substituents is 1. The summed E-state index contributed by atoms with van der Waals surface area (Å²) >= 11 is 0. The summed E-state index contributed by atoms with van der Waals surface area (Å²) in [5, 5.41) is 16.9. The molecule has 1 saturated heterocycles. The first-order valence-corrected chi connectivity index (χ1v) is 10.3. The Bertz CT molecular complexity index is 1100. The second-order valence-electron chi connectivity index (χ2n) is 7.51. The van der Waals surface area contributed by atoms with E-state index in [0.717, 1.165) is 0 Å². The Labute approximate surface area is 184 Å². The van der Waals surface area contributed by atoms with Gasteiger partial charge in [0.05, 0.1) is 11.2 Å². The molecule has 4 rings (SSSR count). The molecular formula is C23H22N4O5. The zero-order valence-electron chi connectivity index (χ0n) is 17.2. The number of piperidine rings is 1. The van der Waals surface area contributed by atoms with Crippen LogP contribution in [0.15, 0.2) is 71.3 Å². The van der Waals surface area contributed by atoms with Crippen molar-refractivity contribution in [1.29, 1.82) is 0 Å². The quantitative estimate of drug-likeness (QED) is 0.441. The lowest BCUT2D eigenvalue weighted by molar-refractivity contribution is -0.384. The zero-order valence-corrected chi connectivity index (χ0v) is 17.2. The molecule has 0 atom stereocenters. The van der Waals surface area contributed by atoms with Crippen molar-refractivity contribution in [2.45, 2.75) is 12.8 Å². The summed E-state index contributed by atoms with van der Waals surface area (Å²) in [6, 6.07) is 16.7. The predicted octanol–water partition coefficient (Wildman–Crippen LogP) is 4.30. The van der Waals surface area contributed by atoms with Crippen LogP contribution in [0.5, 0.6) is 0 Å². The summed E-state index contributed by atoms with van der Waals surface area (Å²) < 4.78 is 5.06. The first-order chi connectivity index (χ1) is 15.5. The van der Waals surface area contributed by atoms with Crippen molar-refractivity contribution < 1.29 is 18.9 Å². The maximum atomic E-state index is 12.7. The van der Waals surface area contributed by atoms with Crippen molar-refractivity contribution in [2.75, 3.05) is 28.6 Å². The molecule has 2 N–H and O–H groups in total. The maximum Gasteiger partial charge on any atom is 0.292 e. The lowest BCUT2D eigenvalue weighted by atomic mass is 9.95. The Morgan fingerprint density at radius 3 is 2.22 bits per heavy atom. The van der Waals surface area contributed by atoms with E-state index in [0.29, 0.717) is 43.0 Å². The third-order valence-corrected chi connectivity index (χ3v) is 5.44. The predicted molar refractivity (Wildman–Crippen MR) is 120 cm³/mol. The number of anilines is 3. The van der Waals surface area contributed by atoms with Gasteiger partial charge in [0.15, 0.2) is 5.76 Å². The number of hydrogen-bond acceptors (Lipinski definition) is 6. The van der Waals surface area contributed by atoms with Gasteiger partial charge in [-0.2, -0.15) is 0 Å². The van der Waals surface area contributed by atoms with Gasteiger partial charge < -0.3 is 20.0 Å². The fourth-order valence-electron chi connectivity index (χ4n) is 3.75. The number of nitro groups is 1. The van der Waals surface area contributed by atoms with E-state index in [-0.39, 0.29) is 34.1 Å². The van der Waals surface area contributed by atoms with E-state index in [1.54, 1.807) is 54.6 Å². The standard InChI is InChI=1S/C23H22N4O5/c28-22(16-11-13-26(14-12-16)19-4-1-2-5-20(19)27(30)31)24-17-7-9-18(10-8-17)25-23(29)21-6-3-15-32-21/h1-10,15-16H,11-14H2,(H,24,28)(H,25,29). The van der Waals surface area contributed by atoms with Crippen molar-refractivity contribution >= 4 is 34.6 Å². The van der Waals surface area contributed by atoms with Crippen LogP contribution in [0, 0.1) is 16.0 Å². The van der Waals surface area contributed by atoms with Gasteiger partial charge in [-0.3, -0.25) is 19.7 Å². The first kappa shape index (κ1) is 21.1. The van der Waals surface area contributed by atoms with Crippen molar-refractivity contribution in [1.82, 2.24) is 0 Å².